The van der Waals surface area contributed by atoms with E-state index in [0.717, 1.165) is 50.6 Å². The van der Waals surface area contributed by atoms with Gasteiger partial charge in [-0.2, -0.15) is 0 Å². The van der Waals surface area contributed by atoms with E-state index in [4.69, 9.17) is 14.2 Å². The van der Waals surface area contributed by atoms with Crippen molar-refractivity contribution < 1.29 is 14.2 Å². The lowest BCUT2D eigenvalue weighted by Gasteiger charge is -2.22. The molecule has 2 fully saturated rings. The first-order chi connectivity index (χ1) is 9.35. The van der Waals surface area contributed by atoms with Gasteiger partial charge in [0.05, 0.1) is 31.1 Å². The molecular formula is C15H19NO3. The van der Waals surface area contributed by atoms with Crippen LogP contribution in [0, 0.1) is 0 Å². The van der Waals surface area contributed by atoms with E-state index in [1.807, 2.05) is 0 Å². The lowest BCUT2D eigenvalue weighted by atomic mass is 10.1. The van der Waals surface area contributed by atoms with Crippen molar-refractivity contribution in [2.45, 2.75) is 32.0 Å². The molecule has 0 saturated carbocycles. The van der Waals surface area contributed by atoms with Gasteiger partial charge in [0.2, 0.25) is 0 Å². The average Bonchev–Trinajstić information content (AvgIpc) is 3.23. The topological polar surface area (TPSA) is 40.8 Å². The largest absolute Gasteiger partial charge is 0.447 e. The van der Waals surface area contributed by atoms with Crippen molar-refractivity contribution in [3.63, 3.8) is 0 Å². The summed E-state index contributed by atoms with van der Waals surface area (Å²) in [5.41, 5.74) is 2.55. The van der Waals surface area contributed by atoms with Crippen molar-refractivity contribution in [1.82, 2.24) is 0 Å². The molecule has 2 saturated heterocycles. The van der Waals surface area contributed by atoms with E-state index >= 15 is 0 Å². The molecule has 3 heterocycles. The molecular weight excluding hydrogens is 242 g/mol. The number of rotatable bonds is 7. The smallest absolute Gasteiger partial charge is 0.193 e. The minimum Gasteiger partial charge on any atom is -0.447 e. The molecule has 3 aliphatic rings. The predicted molar refractivity (Wildman–Crippen MR) is 72.2 cm³/mol. The standard InChI is InChI=1S/C15H19NO3/c1-2-3-10-4-5-13(15-14(10)19-15)16(6-11-8-17-11)7-12-9-18-12/h4-5,11-12H,2-3,6-9H2,1H3. The van der Waals surface area contributed by atoms with Crippen LogP contribution in [0.2, 0.25) is 0 Å². The van der Waals surface area contributed by atoms with Crippen molar-refractivity contribution in [3.05, 3.63) is 17.7 Å². The van der Waals surface area contributed by atoms with Crippen molar-refractivity contribution in [1.29, 1.82) is 0 Å². The molecule has 19 heavy (non-hydrogen) atoms. The van der Waals surface area contributed by atoms with Gasteiger partial charge in [-0.25, -0.2) is 0 Å². The number of hydrogen-bond donors (Lipinski definition) is 0. The summed E-state index contributed by atoms with van der Waals surface area (Å²) in [6, 6.07) is 4.40. The summed E-state index contributed by atoms with van der Waals surface area (Å²) in [7, 11) is 0. The van der Waals surface area contributed by atoms with Gasteiger partial charge >= 0.3 is 0 Å². The maximum atomic E-state index is 5.71. The summed E-state index contributed by atoms with van der Waals surface area (Å²) in [6.45, 7) is 5.87. The van der Waals surface area contributed by atoms with Gasteiger partial charge in [0.1, 0.15) is 0 Å². The fourth-order valence-corrected chi connectivity index (χ4v) is 2.61. The number of aryl methyl sites for hydroxylation is 1. The Morgan fingerprint density at radius 3 is 2.37 bits per heavy atom. The summed E-state index contributed by atoms with van der Waals surface area (Å²) in [5.74, 6) is 2.19. The fourth-order valence-electron chi connectivity index (χ4n) is 2.61. The monoisotopic (exact) mass is 261 g/mol. The molecule has 0 N–H and O–H groups in total. The van der Waals surface area contributed by atoms with E-state index in [1.54, 1.807) is 0 Å². The van der Waals surface area contributed by atoms with E-state index in [-0.39, 0.29) is 0 Å². The van der Waals surface area contributed by atoms with Crippen molar-refractivity contribution in [2.75, 3.05) is 31.2 Å². The van der Waals surface area contributed by atoms with Crippen LogP contribution in [0.15, 0.2) is 12.1 Å². The highest BCUT2D eigenvalue weighted by atomic mass is 16.6. The Morgan fingerprint density at radius 1 is 1.11 bits per heavy atom. The van der Waals surface area contributed by atoms with Crippen LogP contribution < -0.4 is 9.64 Å². The quantitative estimate of drug-likeness (QED) is 0.717. The van der Waals surface area contributed by atoms with Gasteiger partial charge in [0.15, 0.2) is 11.5 Å². The number of nitrogens with zero attached hydrogens (tertiary/aromatic N) is 1. The Balaban J connectivity index is 1.55. The molecule has 1 aromatic rings. The second kappa shape index (κ2) is 4.39. The Hall–Kier alpha value is -1.26. The predicted octanol–water partition coefficient (Wildman–Crippen LogP) is 2.35. The zero-order chi connectivity index (χ0) is 12.8. The first-order valence-corrected chi connectivity index (χ1v) is 7.17. The zero-order valence-electron chi connectivity index (χ0n) is 11.2. The van der Waals surface area contributed by atoms with Crippen LogP contribution in [0.5, 0.6) is 11.5 Å². The van der Waals surface area contributed by atoms with E-state index in [2.05, 4.69) is 24.0 Å². The third-order valence-corrected chi connectivity index (χ3v) is 3.85. The summed E-state index contributed by atoms with van der Waals surface area (Å²) >= 11 is 0. The molecule has 0 bridgehead atoms. The SMILES string of the molecule is CCCc1ccc(N(CC2CO2)CC2CO2)c2c1O2. The molecule has 3 aliphatic heterocycles. The summed E-state index contributed by atoms with van der Waals surface area (Å²) in [4.78, 5) is 2.36. The lowest BCUT2D eigenvalue weighted by molar-refractivity contribution is 0.389. The number of epoxide rings is 2. The zero-order valence-corrected chi connectivity index (χ0v) is 11.2. The Morgan fingerprint density at radius 2 is 1.79 bits per heavy atom. The molecule has 0 radical (unpaired) electrons. The van der Waals surface area contributed by atoms with Crippen LogP contribution in [0.25, 0.3) is 0 Å². The lowest BCUT2D eigenvalue weighted by Crippen LogP contribution is -2.31. The Bertz CT molecular complexity index is 480. The molecule has 4 heteroatoms. The normalized spacial score (nSPS) is 25.5. The van der Waals surface area contributed by atoms with Gasteiger partial charge < -0.3 is 19.1 Å². The molecule has 102 valence electrons. The molecule has 0 amide bonds. The molecule has 0 aromatic heterocycles. The van der Waals surface area contributed by atoms with Crippen LogP contribution in [-0.2, 0) is 15.9 Å². The number of hydrogen-bond acceptors (Lipinski definition) is 4. The number of ether oxygens (including phenoxy) is 3. The Kier molecular flexibility index (Phi) is 2.67. The highest BCUT2D eigenvalue weighted by Crippen LogP contribution is 2.55. The van der Waals surface area contributed by atoms with Crippen LogP contribution in [0.4, 0.5) is 5.69 Å². The molecule has 4 nitrogen and oxygen atoms in total. The van der Waals surface area contributed by atoms with Gasteiger partial charge in [-0.3, -0.25) is 0 Å². The third-order valence-electron chi connectivity index (χ3n) is 3.85. The van der Waals surface area contributed by atoms with Crippen molar-refractivity contribution in [2.24, 2.45) is 0 Å². The number of benzene rings is 1. The highest BCUT2D eigenvalue weighted by Gasteiger charge is 2.36. The summed E-state index contributed by atoms with van der Waals surface area (Å²) in [5, 5.41) is 0. The average molecular weight is 261 g/mol. The highest BCUT2D eigenvalue weighted by molar-refractivity contribution is 5.76. The van der Waals surface area contributed by atoms with Gasteiger partial charge in [-0.1, -0.05) is 19.4 Å². The summed E-state index contributed by atoms with van der Waals surface area (Å²) in [6.07, 6.45) is 3.04. The molecule has 2 unspecified atom stereocenters. The van der Waals surface area contributed by atoms with Crippen molar-refractivity contribution >= 4 is 5.69 Å². The molecule has 0 spiro atoms. The van der Waals surface area contributed by atoms with E-state index in [0.29, 0.717) is 12.2 Å². The summed E-state index contributed by atoms with van der Waals surface area (Å²) < 4.78 is 16.4. The molecule has 1 aromatic carbocycles. The first kappa shape index (κ1) is 11.6. The second-order valence-corrected chi connectivity index (χ2v) is 5.57. The van der Waals surface area contributed by atoms with Gasteiger partial charge in [0, 0.05) is 13.1 Å². The molecule has 4 rings (SSSR count). The van der Waals surface area contributed by atoms with Crippen LogP contribution >= 0.6 is 0 Å². The molecule has 2 atom stereocenters. The number of anilines is 1. The van der Waals surface area contributed by atoms with Gasteiger partial charge in [0.25, 0.3) is 0 Å². The third kappa shape index (κ3) is 2.42. The molecule has 0 aliphatic carbocycles. The minimum absolute atomic E-state index is 0.392. The minimum atomic E-state index is 0.392. The van der Waals surface area contributed by atoms with Gasteiger partial charge in [-0.05, 0) is 18.1 Å². The van der Waals surface area contributed by atoms with Crippen LogP contribution in [0.3, 0.4) is 0 Å². The van der Waals surface area contributed by atoms with E-state index in [1.165, 1.54) is 11.3 Å². The second-order valence-electron chi connectivity index (χ2n) is 5.57. The van der Waals surface area contributed by atoms with Gasteiger partial charge in [-0.15, -0.1) is 0 Å². The van der Waals surface area contributed by atoms with E-state index < -0.39 is 0 Å². The van der Waals surface area contributed by atoms with E-state index in [9.17, 15) is 0 Å². The number of fused-ring (bicyclic) bond motifs is 1. The first-order valence-electron chi connectivity index (χ1n) is 7.17. The van der Waals surface area contributed by atoms with Crippen LogP contribution in [0.1, 0.15) is 18.9 Å². The maximum absolute atomic E-state index is 5.71. The fraction of sp³-hybridized carbons (Fsp3) is 0.600. The Labute approximate surface area is 113 Å². The van der Waals surface area contributed by atoms with Crippen LogP contribution in [-0.4, -0.2) is 38.5 Å². The maximum Gasteiger partial charge on any atom is 0.193 e. The van der Waals surface area contributed by atoms with Crippen molar-refractivity contribution in [3.8, 4) is 11.5 Å².